The van der Waals surface area contributed by atoms with Crippen LogP contribution in [-0.2, 0) is 23.8 Å². The van der Waals surface area contributed by atoms with Crippen molar-refractivity contribution < 1.29 is 33.3 Å². The summed E-state index contributed by atoms with van der Waals surface area (Å²) in [6.07, 6.45) is 0.134. The smallest absolute Gasteiger partial charge is 0.338 e. The van der Waals surface area contributed by atoms with Gasteiger partial charge >= 0.3 is 5.97 Å². The Morgan fingerprint density at radius 1 is 1.15 bits per heavy atom. The second-order valence-electron chi connectivity index (χ2n) is 9.11. The maximum absolute atomic E-state index is 13.4. The van der Waals surface area contributed by atoms with Crippen molar-refractivity contribution in [2.75, 3.05) is 73.9 Å². The molecule has 3 heterocycles. The molecule has 0 saturated carbocycles. The average molecular weight is 561 g/mol. The second-order valence-corrected chi connectivity index (χ2v) is 9.95. The highest BCUT2D eigenvalue weighted by Gasteiger charge is 2.42. The molecular formula is C27H36N4O7S. The van der Waals surface area contributed by atoms with Crippen molar-refractivity contribution in [2.24, 2.45) is 4.99 Å². The molecule has 3 aliphatic rings. The molecule has 4 rings (SSSR count). The SMILES string of the molecule is COCCOC(=O)C1=C(C)N=C2SC=C(CC(=O)NCCN3CCOCC3)N2[C@@H]1c1ccc(OC)cc1OC. The number of ether oxygens (including phenoxy) is 5. The molecule has 1 amide bonds. The first-order valence-electron chi connectivity index (χ1n) is 12.9. The number of amidine groups is 1. The first kappa shape index (κ1) is 28.9. The second kappa shape index (κ2) is 13.8. The first-order valence-corrected chi connectivity index (χ1v) is 13.7. The van der Waals surface area contributed by atoms with Crippen molar-refractivity contribution >= 4 is 28.8 Å². The van der Waals surface area contributed by atoms with Crippen LogP contribution in [0.3, 0.4) is 0 Å². The summed E-state index contributed by atoms with van der Waals surface area (Å²) in [4.78, 5) is 35.3. The lowest BCUT2D eigenvalue weighted by Gasteiger charge is -2.36. The third-order valence-electron chi connectivity index (χ3n) is 6.67. The largest absolute Gasteiger partial charge is 0.497 e. The number of carbonyl (C=O) groups excluding carboxylic acids is 2. The monoisotopic (exact) mass is 560 g/mol. The molecule has 0 aromatic heterocycles. The zero-order valence-electron chi connectivity index (χ0n) is 22.9. The molecule has 0 unspecified atom stereocenters. The van der Waals surface area contributed by atoms with Crippen LogP contribution in [0.15, 0.2) is 45.6 Å². The topological polar surface area (TPSA) is 111 Å². The number of carbonyl (C=O) groups is 2. The average Bonchev–Trinajstić information content (AvgIpc) is 3.34. The Labute approximate surface area is 233 Å². The van der Waals surface area contributed by atoms with E-state index in [2.05, 4.69) is 10.2 Å². The Morgan fingerprint density at radius 3 is 2.67 bits per heavy atom. The number of allylic oxidation sites excluding steroid dienone is 1. The predicted molar refractivity (Wildman–Crippen MR) is 148 cm³/mol. The fourth-order valence-electron chi connectivity index (χ4n) is 4.67. The molecule has 0 spiro atoms. The van der Waals surface area contributed by atoms with Gasteiger partial charge in [-0.3, -0.25) is 9.69 Å². The Hall–Kier alpha value is -3.06. The summed E-state index contributed by atoms with van der Waals surface area (Å²) in [5.74, 6) is 0.562. The Kier molecular flexibility index (Phi) is 10.3. The van der Waals surface area contributed by atoms with Crippen molar-refractivity contribution in [3.8, 4) is 11.5 Å². The van der Waals surface area contributed by atoms with E-state index in [1.165, 1.54) is 11.8 Å². The highest BCUT2D eigenvalue weighted by Crippen LogP contribution is 2.47. The van der Waals surface area contributed by atoms with E-state index in [1.807, 2.05) is 22.4 Å². The molecule has 11 nitrogen and oxygen atoms in total. The molecule has 3 aliphatic heterocycles. The van der Waals surface area contributed by atoms with E-state index in [4.69, 9.17) is 28.7 Å². The number of benzene rings is 1. The third kappa shape index (κ3) is 6.93. The number of morpholine rings is 1. The van der Waals surface area contributed by atoms with Gasteiger partial charge in [-0.25, -0.2) is 9.79 Å². The van der Waals surface area contributed by atoms with Gasteiger partial charge in [0.1, 0.15) is 18.1 Å². The standard InChI is InChI=1S/C27H36N4O7S/c1-18-24(26(33)38-14-13-34-2)25(21-6-5-20(35-3)16-22(21)36-4)31-19(17-39-27(31)29-18)15-23(32)28-7-8-30-9-11-37-12-10-30/h5-6,16-17,25H,7-15H2,1-4H3,(H,28,32)/t25-/m1/s1. The summed E-state index contributed by atoms with van der Waals surface area (Å²) in [7, 11) is 4.70. The number of nitrogens with one attached hydrogen (secondary N) is 1. The molecule has 39 heavy (non-hydrogen) atoms. The van der Waals surface area contributed by atoms with Crippen molar-refractivity contribution in [2.45, 2.75) is 19.4 Å². The van der Waals surface area contributed by atoms with Gasteiger partial charge in [-0.2, -0.15) is 0 Å². The lowest BCUT2D eigenvalue weighted by Crippen LogP contribution is -2.42. The van der Waals surface area contributed by atoms with Gasteiger partial charge < -0.3 is 33.9 Å². The van der Waals surface area contributed by atoms with Crippen LogP contribution in [0, 0.1) is 0 Å². The number of amides is 1. The van der Waals surface area contributed by atoms with Crippen LogP contribution < -0.4 is 14.8 Å². The van der Waals surface area contributed by atoms with Gasteiger partial charge in [-0.05, 0) is 24.5 Å². The molecule has 12 heteroatoms. The summed E-state index contributed by atoms with van der Waals surface area (Å²) >= 11 is 1.42. The van der Waals surface area contributed by atoms with Gasteiger partial charge in [-0.1, -0.05) is 11.8 Å². The summed E-state index contributed by atoms with van der Waals surface area (Å²) < 4.78 is 27.1. The number of nitrogens with zero attached hydrogens (tertiary/aromatic N) is 3. The third-order valence-corrected chi connectivity index (χ3v) is 7.56. The molecule has 1 fully saturated rings. The molecule has 0 aliphatic carbocycles. The molecule has 212 valence electrons. The minimum atomic E-state index is -0.615. The Morgan fingerprint density at radius 2 is 1.95 bits per heavy atom. The molecule has 0 radical (unpaired) electrons. The normalized spacial score (nSPS) is 19.3. The van der Waals surface area contributed by atoms with Gasteiger partial charge in [0.15, 0.2) is 5.17 Å². The van der Waals surface area contributed by atoms with Crippen LogP contribution in [0.4, 0.5) is 0 Å². The highest BCUT2D eigenvalue weighted by atomic mass is 32.2. The fraction of sp³-hybridized carbons (Fsp3) is 0.519. The van der Waals surface area contributed by atoms with E-state index < -0.39 is 12.0 Å². The highest BCUT2D eigenvalue weighted by molar-refractivity contribution is 8.16. The number of methoxy groups -OCH3 is 3. The molecule has 1 aromatic rings. The zero-order chi connectivity index (χ0) is 27.8. The Balaban J connectivity index is 1.58. The number of hydrogen-bond acceptors (Lipinski definition) is 11. The maximum atomic E-state index is 13.4. The molecule has 0 bridgehead atoms. The molecule has 1 aromatic carbocycles. The molecule has 1 N–H and O–H groups in total. The van der Waals surface area contributed by atoms with Crippen LogP contribution in [0.25, 0.3) is 0 Å². The number of thioether (sulfide) groups is 1. The summed E-state index contributed by atoms with van der Waals surface area (Å²) in [6.45, 7) is 6.66. The van der Waals surface area contributed by atoms with Crippen LogP contribution in [-0.4, -0.2) is 101 Å². The van der Waals surface area contributed by atoms with Crippen LogP contribution in [0.1, 0.15) is 24.9 Å². The van der Waals surface area contributed by atoms with Gasteiger partial charge in [-0.15, -0.1) is 0 Å². The van der Waals surface area contributed by atoms with Crippen LogP contribution in [0.5, 0.6) is 11.5 Å². The number of fused-ring (bicyclic) bond motifs is 1. The predicted octanol–water partition coefficient (Wildman–Crippen LogP) is 2.31. The zero-order valence-corrected chi connectivity index (χ0v) is 23.7. The van der Waals surface area contributed by atoms with Gasteiger partial charge in [0.2, 0.25) is 5.91 Å². The van der Waals surface area contributed by atoms with Crippen LogP contribution in [0.2, 0.25) is 0 Å². The van der Waals surface area contributed by atoms with Gasteiger partial charge in [0.05, 0.1) is 57.8 Å². The van der Waals surface area contributed by atoms with E-state index in [0.717, 1.165) is 30.9 Å². The lowest BCUT2D eigenvalue weighted by molar-refractivity contribution is -0.141. The van der Waals surface area contributed by atoms with Crippen molar-refractivity contribution in [3.63, 3.8) is 0 Å². The number of esters is 1. The molecule has 1 saturated heterocycles. The summed E-state index contributed by atoms with van der Waals surface area (Å²) in [6, 6.07) is 4.84. The number of hydrogen-bond donors (Lipinski definition) is 1. The minimum absolute atomic E-state index is 0.104. The molecular weight excluding hydrogens is 524 g/mol. The summed E-state index contributed by atoms with van der Waals surface area (Å²) in [5, 5.41) is 5.62. The van der Waals surface area contributed by atoms with Crippen LogP contribution >= 0.6 is 11.8 Å². The van der Waals surface area contributed by atoms with Crippen molar-refractivity contribution in [1.82, 2.24) is 15.1 Å². The minimum Gasteiger partial charge on any atom is -0.497 e. The number of aliphatic imine (C=N–C) groups is 1. The quantitative estimate of drug-likeness (QED) is 0.302. The van der Waals surface area contributed by atoms with E-state index >= 15 is 0 Å². The fourth-order valence-corrected chi connectivity index (χ4v) is 5.63. The van der Waals surface area contributed by atoms with E-state index in [9.17, 15) is 9.59 Å². The van der Waals surface area contributed by atoms with E-state index in [1.54, 1.807) is 34.3 Å². The lowest BCUT2D eigenvalue weighted by atomic mass is 9.93. The maximum Gasteiger partial charge on any atom is 0.338 e. The van der Waals surface area contributed by atoms with E-state index in [-0.39, 0.29) is 25.5 Å². The Bertz CT molecular complexity index is 1150. The first-order chi connectivity index (χ1) is 19.0. The van der Waals surface area contributed by atoms with E-state index in [0.29, 0.717) is 47.7 Å². The van der Waals surface area contributed by atoms with Crippen molar-refractivity contribution in [1.29, 1.82) is 0 Å². The van der Waals surface area contributed by atoms with Gasteiger partial charge in [0.25, 0.3) is 0 Å². The van der Waals surface area contributed by atoms with Gasteiger partial charge in [0, 0.05) is 50.6 Å². The van der Waals surface area contributed by atoms with Crippen molar-refractivity contribution in [3.05, 3.63) is 46.1 Å². The summed E-state index contributed by atoms with van der Waals surface area (Å²) in [5.41, 5.74) is 2.38. The number of rotatable bonds is 12. The molecule has 1 atom stereocenters.